The van der Waals surface area contributed by atoms with Crippen molar-refractivity contribution in [2.24, 2.45) is 29.1 Å². The quantitative estimate of drug-likeness (QED) is 0.571. The number of allylic oxidation sites excluding steroid dienone is 2. The van der Waals surface area contributed by atoms with Gasteiger partial charge in [-0.3, -0.25) is 0 Å². The van der Waals surface area contributed by atoms with Crippen molar-refractivity contribution in [1.29, 1.82) is 0 Å². The van der Waals surface area contributed by atoms with Crippen LogP contribution in [-0.2, 0) is 0 Å². The van der Waals surface area contributed by atoms with Crippen LogP contribution in [0.3, 0.4) is 0 Å². The van der Waals surface area contributed by atoms with Crippen molar-refractivity contribution in [1.82, 2.24) is 0 Å². The van der Waals surface area contributed by atoms with E-state index in [0.29, 0.717) is 5.41 Å². The second-order valence-corrected chi connectivity index (χ2v) is 6.99. The van der Waals surface area contributed by atoms with Crippen LogP contribution in [0.1, 0.15) is 59.8 Å². The van der Waals surface area contributed by atoms with Gasteiger partial charge in [0.2, 0.25) is 0 Å². The maximum atomic E-state index is 2.50. The van der Waals surface area contributed by atoms with E-state index < -0.39 is 0 Å². The van der Waals surface area contributed by atoms with E-state index in [0.717, 1.165) is 23.7 Å². The molecule has 0 nitrogen and oxygen atoms in total. The summed E-state index contributed by atoms with van der Waals surface area (Å²) in [6.07, 6.45) is 12.0. The average molecular weight is 220 g/mol. The van der Waals surface area contributed by atoms with E-state index in [4.69, 9.17) is 0 Å². The first-order valence-electron chi connectivity index (χ1n) is 7.17. The molecule has 0 heteroatoms. The van der Waals surface area contributed by atoms with Gasteiger partial charge in [-0.1, -0.05) is 39.8 Å². The van der Waals surface area contributed by atoms with Gasteiger partial charge < -0.3 is 0 Å². The maximum absolute atomic E-state index is 2.50. The predicted molar refractivity (Wildman–Crippen MR) is 71.3 cm³/mol. The molecular formula is C16H28. The Kier molecular flexibility index (Phi) is 3.47. The maximum Gasteiger partial charge on any atom is -0.0288 e. The summed E-state index contributed by atoms with van der Waals surface area (Å²) in [5, 5.41) is 0. The molecule has 0 amide bonds. The Morgan fingerprint density at radius 3 is 2.62 bits per heavy atom. The molecule has 4 unspecified atom stereocenters. The summed E-state index contributed by atoms with van der Waals surface area (Å²) in [5.41, 5.74) is 0.635. The summed E-state index contributed by atoms with van der Waals surface area (Å²) in [5.74, 6) is 3.67. The van der Waals surface area contributed by atoms with Crippen molar-refractivity contribution < 1.29 is 0 Å². The SMILES string of the molecule is CC(C)C(C)C1CC=CCC2(C)CCC1C2. The van der Waals surface area contributed by atoms with E-state index in [9.17, 15) is 0 Å². The molecule has 0 aromatic heterocycles. The van der Waals surface area contributed by atoms with Crippen LogP contribution in [0.15, 0.2) is 12.2 Å². The predicted octanol–water partition coefficient (Wildman–Crippen LogP) is 5.05. The monoisotopic (exact) mass is 220 g/mol. The van der Waals surface area contributed by atoms with Gasteiger partial charge in [-0.25, -0.2) is 0 Å². The minimum Gasteiger partial charge on any atom is -0.0882 e. The van der Waals surface area contributed by atoms with Gasteiger partial charge in [-0.05, 0) is 61.2 Å². The standard InChI is InChI=1S/C16H28/c1-12(2)13(3)15-7-5-6-9-16(4)10-8-14(15)11-16/h5-6,12-15H,7-11H2,1-4H3. The topological polar surface area (TPSA) is 0 Å². The van der Waals surface area contributed by atoms with E-state index >= 15 is 0 Å². The Morgan fingerprint density at radius 2 is 1.94 bits per heavy atom. The van der Waals surface area contributed by atoms with E-state index in [1.54, 1.807) is 0 Å². The normalized spacial score (nSPS) is 40.8. The zero-order chi connectivity index (χ0) is 11.8. The van der Waals surface area contributed by atoms with E-state index in [2.05, 4.69) is 39.8 Å². The molecule has 1 fully saturated rings. The largest absolute Gasteiger partial charge is 0.0882 e. The van der Waals surface area contributed by atoms with Crippen LogP contribution in [0.5, 0.6) is 0 Å². The van der Waals surface area contributed by atoms with E-state index in [1.807, 2.05) is 0 Å². The summed E-state index contributed by atoms with van der Waals surface area (Å²) < 4.78 is 0. The van der Waals surface area contributed by atoms with Crippen LogP contribution in [0.2, 0.25) is 0 Å². The fourth-order valence-electron chi connectivity index (χ4n) is 3.87. The van der Waals surface area contributed by atoms with Crippen LogP contribution in [0.25, 0.3) is 0 Å². The molecule has 2 bridgehead atoms. The minimum atomic E-state index is 0.635. The number of hydrogen-bond acceptors (Lipinski definition) is 0. The zero-order valence-electron chi connectivity index (χ0n) is 11.5. The average Bonchev–Trinajstić information content (AvgIpc) is 2.60. The Balaban J connectivity index is 2.14. The molecule has 0 radical (unpaired) electrons. The second-order valence-electron chi connectivity index (χ2n) is 6.99. The van der Waals surface area contributed by atoms with Crippen molar-refractivity contribution in [3.63, 3.8) is 0 Å². The number of fused-ring (bicyclic) bond motifs is 2. The minimum absolute atomic E-state index is 0.635. The van der Waals surface area contributed by atoms with Gasteiger partial charge in [0.15, 0.2) is 0 Å². The highest BCUT2D eigenvalue weighted by Gasteiger charge is 2.40. The van der Waals surface area contributed by atoms with Gasteiger partial charge in [-0.15, -0.1) is 0 Å². The molecule has 1 saturated carbocycles. The lowest BCUT2D eigenvalue weighted by Gasteiger charge is -2.34. The first-order valence-corrected chi connectivity index (χ1v) is 7.17. The molecule has 0 aromatic rings. The lowest BCUT2D eigenvalue weighted by Crippen LogP contribution is -2.25. The molecule has 0 aliphatic heterocycles. The molecule has 0 N–H and O–H groups in total. The summed E-state index contributed by atoms with van der Waals surface area (Å²) in [6.45, 7) is 9.75. The van der Waals surface area contributed by atoms with E-state index in [-0.39, 0.29) is 0 Å². The number of rotatable bonds is 2. The molecule has 0 heterocycles. The van der Waals surface area contributed by atoms with E-state index in [1.165, 1.54) is 32.1 Å². The molecule has 2 rings (SSSR count). The summed E-state index contributed by atoms with van der Waals surface area (Å²) in [6, 6.07) is 0. The molecule has 0 spiro atoms. The van der Waals surface area contributed by atoms with Gasteiger partial charge in [0, 0.05) is 0 Å². The third-order valence-corrected chi connectivity index (χ3v) is 5.39. The highest BCUT2D eigenvalue weighted by Crippen LogP contribution is 2.51. The lowest BCUT2D eigenvalue weighted by atomic mass is 9.71. The van der Waals surface area contributed by atoms with Crippen molar-refractivity contribution in [2.45, 2.75) is 59.8 Å². The van der Waals surface area contributed by atoms with Gasteiger partial charge >= 0.3 is 0 Å². The Labute approximate surface area is 102 Å². The molecule has 0 aromatic carbocycles. The molecule has 2 aliphatic rings. The van der Waals surface area contributed by atoms with Crippen LogP contribution in [0, 0.1) is 29.1 Å². The van der Waals surface area contributed by atoms with Gasteiger partial charge in [0.1, 0.15) is 0 Å². The van der Waals surface area contributed by atoms with Crippen LogP contribution in [-0.4, -0.2) is 0 Å². The highest BCUT2D eigenvalue weighted by atomic mass is 14.4. The molecule has 0 saturated heterocycles. The Hall–Kier alpha value is -0.260. The van der Waals surface area contributed by atoms with Crippen molar-refractivity contribution in [3.8, 4) is 0 Å². The third kappa shape index (κ3) is 2.36. The lowest BCUT2D eigenvalue weighted by molar-refractivity contribution is 0.178. The van der Waals surface area contributed by atoms with Crippen LogP contribution < -0.4 is 0 Å². The third-order valence-electron chi connectivity index (χ3n) is 5.39. The van der Waals surface area contributed by atoms with Crippen LogP contribution >= 0.6 is 0 Å². The fourth-order valence-corrected chi connectivity index (χ4v) is 3.87. The molecule has 16 heavy (non-hydrogen) atoms. The van der Waals surface area contributed by atoms with Gasteiger partial charge in [0.25, 0.3) is 0 Å². The number of hydrogen-bond donors (Lipinski definition) is 0. The molecule has 92 valence electrons. The second kappa shape index (κ2) is 4.55. The molecule has 2 aliphatic carbocycles. The zero-order valence-corrected chi connectivity index (χ0v) is 11.5. The summed E-state index contributed by atoms with van der Waals surface area (Å²) >= 11 is 0. The Bertz CT molecular complexity index is 263. The summed E-state index contributed by atoms with van der Waals surface area (Å²) in [7, 11) is 0. The first kappa shape index (κ1) is 12.2. The van der Waals surface area contributed by atoms with Gasteiger partial charge in [-0.2, -0.15) is 0 Å². The van der Waals surface area contributed by atoms with Crippen LogP contribution in [0.4, 0.5) is 0 Å². The molecular weight excluding hydrogens is 192 g/mol. The Morgan fingerprint density at radius 1 is 1.19 bits per heavy atom. The first-order chi connectivity index (χ1) is 7.52. The van der Waals surface area contributed by atoms with Crippen molar-refractivity contribution >= 4 is 0 Å². The summed E-state index contributed by atoms with van der Waals surface area (Å²) in [4.78, 5) is 0. The van der Waals surface area contributed by atoms with Gasteiger partial charge in [0.05, 0.1) is 0 Å². The molecule has 4 atom stereocenters. The van der Waals surface area contributed by atoms with Crippen molar-refractivity contribution in [2.75, 3.05) is 0 Å². The highest BCUT2D eigenvalue weighted by molar-refractivity contribution is 5.00. The van der Waals surface area contributed by atoms with Crippen molar-refractivity contribution in [3.05, 3.63) is 12.2 Å². The smallest absolute Gasteiger partial charge is 0.0288 e. The fraction of sp³-hybridized carbons (Fsp3) is 0.875.